The summed E-state index contributed by atoms with van der Waals surface area (Å²) in [5.41, 5.74) is 2.04. The molecule has 5 heteroatoms. The SMILES string of the molecule is Cc1ccccc1CNS(=O)(=O)c1cccc(Br)c1. The molecule has 0 bridgehead atoms. The van der Waals surface area contributed by atoms with E-state index >= 15 is 0 Å². The van der Waals surface area contributed by atoms with Crippen molar-refractivity contribution in [3.63, 3.8) is 0 Å². The van der Waals surface area contributed by atoms with Crippen LogP contribution in [0, 0.1) is 6.92 Å². The summed E-state index contributed by atoms with van der Waals surface area (Å²) < 4.78 is 27.6. The van der Waals surface area contributed by atoms with Gasteiger partial charge in [-0.15, -0.1) is 0 Å². The van der Waals surface area contributed by atoms with Crippen LogP contribution in [-0.2, 0) is 16.6 Å². The molecule has 2 aromatic rings. The Labute approximate surface area is 121 Å². The van der Waals surface area contributed by atoms with Gasteiger partial charge in [-0.05, 0) is 36.2 Å². The molecule has 2 aromatic carbocycles. The van der Waals surface area contributed by atoms with E-state index in [0.717, 1.165) is 15.6 Å². The Morgan fingerprint density at radius 1 is 1.11 bits per heavy atom. The predicted octanol–water partition coefficient (Wildman–Crippen LogP) is 3.24. The van der Waals surface area contributed by atoms with Crippen molar-refractivity contribution < 1.29 is 8.42 Å². The lowest BCUT2D eigenvalue weighted by molar-refractivity contribution is 0.581. The Hall–Kier alpha value is -1.17. The van der Waals surface area contributed by atoms with Crippen LogP contribution in [0.15, 0.2) is 57.9 Å². The van der Waals surface area contributed by atoms with Crippen LogP contribution in [0.25, 0.3) is 0 Å². The monoisotopic (exact) mass is 339 g/mol. The lowest BCUT2D eigenvalue weighted by Gasteiger charge is -2.09. The number of hydrogen-bond donors (Lipinski definition) is 1. The van der Waals surface area contributed by atoms with Gasteiger partial charge in [-0.25, -0.2) is 13.1 Å². The molecule has 0 spiro atoms. The predicted molar refractivity (Wildman–Crippen MR) is 79.3 cm³/mol. The first-order valence-corrected chi connectivity index (χ1v) is 8.06. The van der Waals surface area contributed by atoms with Gasteiger partial charge in [-0.2, -0.15) is 0 Å². The van der Waals surface area contributed by atoms with Gasteiger partial charge in [-0.1, -0.05) is 46.3 Å². The third-order valence-corrected chi connectivity index (χ3v) is 4.71. The molecule has 0 aliphatic heterocycles. The standard InChI is InChI=1S/C14H14BrNO2S/c1-11-5-2-3-6-12(11)10-16-19(17,18)14-8-4-7-13(15)9-14/h2-9,16H,10H2,1H3. The molecule has 0 aromatic heterocycles. The van der Waals surface area contributed by atoms with E-state index in [-0.39, 0.29) is 4.90 Å². The number of benzene rings is 2. The maximum absolute atomic E-state index is 12.1. The Bertz CT molecular complexity index is 683. The lowest BCUT2D eigenvalue weighted by Crippen LogP contribution is -2.23. The molecule has 1 N–H and O–H groups in total. The van der Waals surface area contributed by atoms with Crippen LogP contribution < -0.4 is 4.72 Å². The van der Waals surface area contributed by atoms with Crippen molar-refractivity contribution in [3.8, 4) is 0 Å². The van der Waals surface area contributed by atoms with Gasteiger partial charge in [0.15, 0.2) is 0 Å². The van der Waals surface area contributed by atoms with Crippen LogP contribution in [0.1, 0.15) is 11.1 Å². The minimum atomic E-state index is -3.48. The Balaban J connectivity index is 2.17. The van der Waals surface area contributed by atoms with Gasteiger partial charge in [0, 0.05) is 11.0 Å². The van der Waals surface area contributed by atoms with Gasteiger partial charge >= 0.3 is 0 Å². The van der Waals surface area contributed by atoms with Crippen molar-refractivity contribution >= 4 is 26.0 Å². The number of sulfonamides is 1. The van der Waals surface area contributed by atoms with E-state index in [1.807, 2.05) is 31.2 Å². The van der Waals surface area contributed by atoms with Crippen molar-refractivity contribution in [2.45, 2.75) is 18.4 Å². The molecular formula is C14H14BrNO2S. The molecule has 19 heavy (non-hydrogen) atoms. The highest BCUT2D eigenvalue weighted by Crippen LogP contribution is 2.16. The molecule has 2 rings (SSSR count). The maximum Gasteiger partial charge on any atom is 0.240 e. The third-order valence-electron chi connectivity index (χ3n) is 2.82. The molecule has 0 amide bonds. The van der Waals surface area contributed by atoms with E-state index in [0.29, 0.717) is 6.54 Å². The minimum Gasteiger partial charge on any atom is -0.207 e. The largest absolute Gasteiger partial charge is 0.240 e. The highest BCUT2D eigenvalue weighted by molar-refractivity contribution is 9.10. The van der Waals surface area contributed by atoms with Crippen LogP contribution in [-0.4, -0.2) is 8.42 Å². The molecule has 0 radical (unpaired) electrons. The lowest BCUT2D eigenvalue weighted by atomic mass is 10.1. The van der Waals surface area contributed by atoms with Crippen molar-refractivity contribution in [2.75, 3.05) is 0 Å². The average molecular weight is 340 g/mol. The number of nitrogens with one attached hydrogen (secondary N) is 1. The quantitative estimate of drug-likeness (QED) is 0.929. The van der Waals surface area contributed by atoms with E-state index in [4.69, 9.17) is 0 Å². The van der Waals surface area contributed by atoms with E-state index in [1.54, 1.807) is 24.3 Å². The highest BCUT2D eigenvalue weighted by Gasteiger charge is 2.14. The molecule has 0 aliphatic carbocycles. The zero-order chi connectivity index (χ0) is 13.9. The second-order valence-corrected chi connectivity index (χ2v) is 6.89. The van der Waals surface area contributed by atoms with E-state index < -0.39 is 10.0 Å². The number of hydrogen-bond acceptors (Lipinski definition) is 2. The Morgan fingerprint density at radius 2 is 1.84 bits per heavy atom. The molecule has 0 saturated carbocycles. The molecule has 3 nitrogen and oxygen atoms in total. The summed E-state index contributed by atoms with van der Waals surface area (Å²) in [6.45, 7) is 2.25. The summed E-state index contributed by atoms with van der Waals surface area (Å²) in [5.74, 6) is 0. The summed E-state index contributed by atoms with van der Waals surface area (Å²) in [6, 6.07) is 14.4. The first-order chi connectivity index (χ1) is 8.99. The van der Waals surface area contributed by atoms with Crippen LogP contribution in [0.2, 0.25) is 0 Å². The molecule has 0 aliphatic rings. The number of halogens is 1. The van der Waals surface area contributed by atoms with Crippen molar-refractivity contribution in [2.24, 2.45) is 0 Å². The molecular weight excluding hydrogens is 326 g/mol. The topological polar surface area (TPSA) is 46.2 Å². The second-order valence-electron chi connectivity index (χ2n) is 4.21. The fraction of sp³-hybridized carbons (Fsp3) is 0.143. The molecule has 0 unspecified atom stereocenters. The first kappa shape index (κ1) is 14.2. The van der Waals surface area contributed by atoms with Gasteiger partial charge in [-0.3, -0.25) is 0 Å². The fourth-order valence-electron chi connectivity index (χ4n) is 1.70. The second kappa shape index (κ2) is 5.86. The van der Waals surface area contributed by atoms with E-state index in [9.17, 15) is 8.42 Å². The summed E-state index contributed by atoms with van der Waals surface area (Å²) in [6.07, 6.45) is 0. The Morgan fingerprint density at radius 3 is 2.53 bits per heavy atom. The minimum absolute atomic E-state index is 0.260. The summed E-state index contributed by atoms with van der Waals surface area (Å²) >= 11 is 3.27. The average Bonchev–Trinajstić information content (AvgIpc) is 2.38. The smallest absolute Gasteiger partial charge is 0.207 e. The van der Waals surface area contributed by atoms with Gasteiger partial charge in [0.1, 0.15) is 0 Å². The molecule has 0 saturated heterocycles. The summed E-state index contributed by atoms with van der Waals surface area (Å²) in [4.78, 5) is 0.260. The Kier molecular flexibility index (Phi) is 4.39. The van der Waals surface area contributed by atoms with Crippen LogP contribution in [0.3, 0.4) is 0 Å². The van der Waals surface area contributed by atoms with Crippen molar-refractivity contribution in [3.05, 3.63) is 64.1 Å². The number of aryl methyl sites for hydroxylation is 1. The molecule has 0 heterocycles. The van der Waals surface area contributed by atoms with Crippen molar-refractivity contribution in [1.82, 2.24) is 4.72 Å². The van der Waals surface area contributed by atoms with Crippen LogP contribution >= 0.6 is 15.9 Å². The highest BCUT2D eigenvalue weighted by atomic mass is 79.9. The van der Waals surface area contributed by atoms with E-state index in [1.165, 1.54) is 0 Å². The van der Waals surface area contributed by atoms with Gasteiger partial charge in [0.2, 0.25) is 10.0 Å². The maximum atomic E-state index is 12.1. The summed E-state index contributed by atoms with van der Waals surface area (Å²) in [5, 5.41) is 0. The fourth-order valence-corrected chi connectivity index (χ4v) is 3.30. The van der Waals surface area contributed by atoms with E-state index in [2.05, 4.69) is 20.7 Å². The molecule has 100 valence electrons. The first-order valence-electron chi connectivity index (χ1n) is 5.79. The van der Waals surface area contributed by atoms with Crippen LogP contribution in [0.4, 0.5) is 0 Å². The van der Waals surface area contributed by atoms with Crippen molar-refractivity contribution in [1.29, 1.82) is 0 Å². The molecule has 0 fully saturated rings. The van der Waals surface area contributed by atoms with Gasteiger partial charge in [0.05, 0.1) is 4.90 Å². The van der Waals surface area contributed by atoms with Crippen LogP contribution in [0.5, 0.6) is 0 Å². The zero-order valence-electron chi connectivity index (χ0n) is 10.4. The normalized spacial score (nSPS) is 11.5. The van der Waals surface area contributed by atoms with Gasteiger partial charge < -0.3 is 0 Å². The zero-order valence-corrected chi connectivity index (χ0v) is 12.8. The van der Waals surface area contributed by atoms with Gasteiger partial charge in [0.25, 0.3) is 0 Å². The number of rotatable bonds is 4. The third kappa shape index (κ3) is 3.65. The summed E-state index contributed by atoms with van der Waals surface area (Å²) in [7, 11) is -3.48. The molecule has 0 atom stereocenters.